The Morgan fingerprint density at radius 2 is 2.13 bits per heavy atom. The first kappa shape index (κ1) is 12.0. The van der Waals surface area contributed by atoms with Crippen molar-refractivity contribution in [3.63, 3.8) is 0 Å². The normalized spacial score (nSPS) is 10.3. The van der Waals surface area contributed by atoms with Crippen LogP contribution in [0.3, 0.4) is 0 Å². The average Bonchev–Trinajstić information content (AvgIpc) is 2.30. The fourth-order valence-corrected chi connectivity index (χ4v) is 1.51. The summed E-state index contributed by atoms with van der Waals surface area (Å²) in [6, 6.07) is 5.79. The number of hydrogen-bond donors (Lipinski definition) is 1. The van der Waals surface area contributed by atoms with E-state index in [2.05, 4.69) is 23.7 Å². The lowest BCUT2D eigenvalue weighted by atomic mass is 10.3. The quantitative estimate of drug-likeness (QED) is 0.778. The van der Waals surface area contributed by atoms with Gasteiger partial charge in [-0.05, 0) is 25.5 Å². The minimum absolute atomic E-state index is 0.0131. The molecule has 1 heterocycles. The molecule has 84 valence electrons. The summed E-state index contributed by atoms with van der Waals surface area (Å²) in [6.07, 6.45) is 2.37. The largest absolute Gasteiger partial charge is 0.390 e. The van der Waals surface area contributed by atoms with Gasteiger partial charge in [0.1, 0.15) is 5.82 Å². The van der Waals surface area contributed by atoms with E-state index in [1.807, 2.05) is 18.2 Å². The highest BCUT2D eigenvalue weighted by atomic mass is 16.3. The lowest BCUT2D eigenvalue weighted by Crippen LogP contribution is -2.25. The van der Waals surface area contributed by atoms with Crippen LogP contribution in [0.2, 0.25) is 0 Å². The number of pyridine rings is 1. The maximum absolute atomic E-state index is 9.01. The van der Waals surface area contributed by atoms with Gasteiger partial charge in [-0.2, -0.15) is 0 Å². The highest BCUT2D eigenvalue weighted by Crippen LogP contribution is 2.12. The van der Waals surface area contributed by atoms with Gasteiger partial charge < -0.3 is 10.0 Å². The van der Waals surface area contributed by atoms with Crippen LogP contribution in [-0.4, -0.2) is 23.2 Å². The van der Waals surface area contributed by atoms with Gasteiger partial charge in [0.25, 0.3) is 0 Å². The van der Waals surface area contributed by atoms with Crippen LogP contribution in [0.25, 0.3) is 0 Å². The van der Waals surface area contributed by atoms with Crippen molar-refractivity contribution in [2.45, 2.75) is 33.3 Å². The SMILES string of the molecule is CCCCN(CC)c1cccc(CO)n1. The van der Waals surface area contributed by atoms with E-state index >= 15 is 0 Å². The van der Waals surface area contributed by atoms with Crippen LogP contribution in [0.15, 0.2) is 18.2 Å². The van der Waals surface area contributed by atoms with Crippen LogP contribution in [0, 0.1) is 0 Å². The van der Waals surface area contributed by atoms with Gasteiger partial charge in [-0.1, -0.05) is 19.4 Å². The van der Waals surface area contributed by atoms with Crippen molar-refractivity contribution in [3.05, 3.63) is 23.9 Å². The van der Waals surface area contributed by atoms with Crippen LogP contribution in [0.5, 0.6) is 0 Å². The smallest absolute Gasteiger partial charge is 0.128 e. The molecule has 0 saturated heterocycles. The number of hydrogen-bond acceptors (Lipinski definition) is 3. The molecule has 0 unspecified atom stereocenters. The Morgan fingerprint density at radius 3 is 2.73 bits per heavy atom. The van der Waals surface area contributed by atoms with Gasteiger partial charge in [0.2, 0.25) is 0 Å². The summed E-state index contributed by atoms with van der Waals surface area (Å²) in [4.78, 5) is 6.63. The third-order valence-corrected chi connectivity index (χ3v) is 2.44. The highest BCUT2D eigenvalue weighted by Gasteiger charge is 2.05. The number of rotatable bonds is 6. The lowest BCUT2D eigenvalue weighted by Gasteiger charge is -2.21. The summed E-state index contributed by atoms with van der Waals surface area (Å²) in [6.45, 7) is 6.32. The van der Waals surface area contributed by atoms with E-state index in [1.54, 1.807) is 0 Å². The monoisotopic (exact) mass is 208 g/mol. The first-order valence-electron chi connectivity index (χ1n) is 5.63. The standard InChI is InChI=1S/C12H20N2O/c1-3-5-9-14(4-2)12-8-6-7-11(10-15)13-12/h6-8,15H,3-5,9-10H2,1-2H3. The van der Waals surface area contributed by atoms with Crippen LogP contribution >= 0.6 is 0 Å². The van der Waals surface area contributed by atoms with Crippen molar-refractivity contribution < 1.29 is 5.11 Å². The first-order valence-corrected chi connectivity index (χ1v) is 5.63. The first-order chi connectivity index (χ1) is 7.31. The molecule has 1 rings (SSSR count). The van der Waals surface area contributed by atoms with Gasteiger partial charge in [0.15, 0.2) is 0 Å². The number of aliphatic hydroxyl groups excluding tert-OH is 1. The number of aromatic nitrogens is 1. The molecule has 1 aromatic rings. The van der Waals surface area contributed by atoms with E-state index < -0.39 is 0 Å². The van der Waals surface area contributed by atoms with Gasteiger partial charge in [-0.15, -0.1) is 0 Å². The van der Waals surface area contributed by atoms with E-state index in [1.165, 1.54) is 12.8 Å². The third-order valence-electron chi connectivity index (χ3n) is 2.44. The summed E-state index contributed by atoms with van der Waals surface area (Å²) in [5, 5.41) is 9.01. The summed E-state index contributed by atoms with van der Waals surface area (Å²) in [7, 11) is 0. The van der Waals surface area contributed by atoms with Crippen LogP contribution < -0.4 is 4.90 Å². The predicted molar refractivity (Wildman–Crippen MR) is 63.0 cm³/mol. The van der Waals surface area contributed by atoms with E-state index in [9.17, 15) is 0 Å². The van der Waals surface area contributed by atoms with E-state index in [0.29, 0.717) is 0 Å². The van der Waals surface area contributed by atoms with Crippen molar-refractivity contribution in [2.24, 2.45) is 0 Å². The van der Waals surface area contributed by atoms with E-state index in [0.717, 1.165) is 24.6 Å². The Balaban J connectivity index is 2.72. The molecule has 1 N–H and O–H groups in total. The molecule has 3 nitrogen and oxygen atoms in total. The minimum Gasteiger partial charge on any atom is -0.390 e. The number of nitrogens with zero attached hydrogens (tertiary/aromatic N) is 2. The Labute approximate surface area is 91.8 Å². The second-order valence-electron chi connectivity index (χ2n) is 3.58. The molecule has 1 aromatic heterocycles. The number of aliphatic hydroxyl groups is 1. The lowest BCUT2D eigenvalue weighted by molar-refractivity contribution is 0.277. The zero-order valence-electron chi connectivity index (χ0n) is 9.61. The Morgan fingerprint density at radius 1 is 1.33 bits per heavy atom. The zero-order valence-corrected chi connectivity index (χ0v) is 9.61. The molecule has 0 saturated carbocycles. The maximum atomic E-state index is 9.01. The third kappa shape index (κ3) is 3.51. The van der Waals surface area contributed by atoms with E-state index in [-0.39, 0.29) is 6.61 Å². The van der Waals surface area contributed by atoms with Crippen molar-refractivity contribution in [1.29, 1.82) is 0 Å². The predicted octanol–water partition coefficient (Wildman–Crippen LogP) is 2.20. The Kier molecular flexibility index (Phi) is 5.12. The molecule has 0 spiro atoms. The molecule has 0 aromatic carbocycles. The van der Waals surface area contributed by atoms with Crippen LogP contribution in [-0.2, 0) is 6.61 Å². The molecular formula is C12H20N2O. The van der Waals surface area contributed by atoms with Crippen molar-refractivity contribution in [3.8, 4) is 0 Å². The molecule has 0 aliphatic heterocycles. The van der Waals surface area contributed by atoms with Crippen molar-refractivity contribution >= 4 is 5.82 Å². The van der Waals surface area contributed by atoms with E-state index in [4.69, 9.17) is 5.11 Å². The second kappa shape index (κ2) is 6.40. The fraction of sp³-hybridized carbons (Fsp3) is 0.583. The molecule has 0 atom stereocenters. The number of unbranched alkanes of at least 4 members (excludes halogenated alkanes) is 1. The summed E-state index contributed by atoms with van der Waals surface area (Å²) < 4.78 is 0. The molecule has 0 bridgehead atoms. The van der Waals surface area contributed by atoms with Gasteiger partial charge in [0.05, 0.1) is 12.3 Å². The van der Waals surface area contributed by atoms with Gasteiger partial charge in [0, 0.05) is 13.1 Å². The maximum Gasteiger partial charge on any atom is 0.128 e. The zero-order chi connectivity index (χ0) is 11.1. The fourth-order valence-electron chi connectivity index (χ4n) is 1.51. The summed E-state index contributed by atoms with van der Waals surface area (Å²) in [5.74, 6) is 0.970. The van der Waals surface area contributed by atoms with Gasteiger partial charge in [-0.25, -0.2) is 4.98 Å². The summed E-state index contributed by atoms with van der Waals surface area (Å²) >= 11 is 0. The van der Waals surface area contributed by atoms with Gasteiger partial charge >= 0.3 is 0 Å². The average molecular weight is 208 g/mol. The van der Waals surface area contributed by atoms with Crippen molar-refractivity contribution in [2.75, 3.05) is 18.0 Å². The number of anilines is 1. The van der Waals surface area contributed by atoms with Gasteiger partial charge in [-0.3, -0.25) is 0 Å². The molecule has 0 aliphatic carbocycles. The molecule has 15 heavy (non-hydrogen) atoms. The minimum atomic E-state index is 0.0131. The second-order valence-corrected chi connectivity index (χ2v) is 3.58. The highest BCUT2D eigenvalue weighted by molar-refractivity contribution is 5.38. The molecule has 0 radical (unpaired) electrons. The van der Waals surface area contributed by atoms with Crippen molar-refractivity contribution in [1.82, 2.24) is 4.98 Å². The Hall–Kier alpha value is -1.09. The molecular weight excluding hydrogens is 188 g/mol. The molecule has 3 heteroatoms. The van der Waals surface area contributed by atoms with Crippen LogP contribution in [0.1, 0.15) is 32.4 Å². The summed E-state index contributed by atoms with van der Waals surface area (Å²) in [5.41, 5.74) is 0.738. The molecule has 0 fully saturated rings. The van der Waals surface area contributed by atoms with Crippen LogP contribution in [0.4, 0.5) is 5.82 Å². The molecule has 0 aliphatic rings. The molecule has 0 amide bonds. The topological polar surface area (TPSA) is 36.4 Å². The Bertz CT molecular complexity index is 289.